The van der Waals surface area contributed by atoms with Gasteiger partial charge in [-0.25, -0.2) is 0 Å². The summed E-state index contributed by atoms with van der Waals surface area (Å²) in [7, 11) is 1.47. The molecule has 0 fully saturated rings. The molecular formula is C14H10Cl2N2O4. The van der Waals surface area contributed by atoms with Crippen LogP contribution in [0.1, 0.15) is 10.4 Å². The lowest BCUT2D eigenvalue weighted by Crippen LogP contribution is -2.12. The summed E-state index contributed by atoms with van der Waals surface area (Å²) in [6.07, 6.45) is 0. The highest BCUT2D eigenvalue weighted by molar-refractivity contribution is 6.33. The molecule has 0 aliphatic rings. The first-order chi connectivity index (χ1) is 10.4. The first-order valence-corrected chi connectivity index (χ1v) is 6.77. The molecule has 0 unspecified atom stereocenters. The molecule has 0 radical (unpaired) electrons. The van der Waals surface area contributed by atoms with Gasteiger partial charge in [-0.15, -0.1) is 0 Å². The second kappa shape index (κ2) is 6.64. The zero-order valence-corrected chi connectivity index (χ0v) is 12.8. The van der Waals surface area contributed by atoms with Gasteiger partial charge in [-0.05, 0) is 30.3 Å². The van der Waals surface area contributed by atoms with Gasteiger partial charge in [-0.2, -0.15) is 0 Å². The number of nitrogens with one attached hydrogen (secondary N) is 1. The van der Waals surface area contributed by atoms with Gasteiger partial charge in [0.15, 0.2) is 0 Å². The van der Waals surface area contributed by atoms with E-state index in [0.717, 1.165) is 0 Å². The molecule has 0 bridgehead atoms. The smallest absolute Gasteiger partial charge is 0.289 e. The Bertz CT molecular complexity index is 750. The van der Waals surface area contributed by atoms with E-state index in [-0.39, 0.29) is 21.4 Å². The number of amides is 1. The quantitative estimate of drug-likeness (QED) is 0.669. The lowest BCUT2D eigenvalue weighted by molar-refractivity contribution is -0.384. The number of ether oxygens (including phenoxy) is 1. The molecule has 0 saturated heterocycles. The van der Waals surface area contributed by atoms with Gasteiger partial charge in [-0.3, -0.25) is 14.9 Å². The third-order valence-corrected chi connectivity index (χ3v) is 3.43. The van der Waals surface area contributed by atoms with E-state index in [1.807, 2.05) is 0 Å². The second-order valence-electron chi connectivity index (χ2n) is 4.23. The number of anilines is 1. The minimum absolute atomic E-state index is 0.00418. The minimum atomic E-state index is -0.623. The monoisotopic (exact) mass is 340 g/mol. The van der Waals surface area contributed by atoms with E-state index in [9.17, 15) is 14.9 Å². The first kappa shape index (κ1) is 16.1. The van der Waals surface area contributed by atoms with E-state index in [4.69, 9.17) is 27.9 Å². The third kappa shape index (κ3) is 3.47. The number of halogens is 2. The molecule has 6 nitrogen and oxygen atoms in total. The van der Waals surface area contributed by atoms with Crippen LogP contribution in [0.4, 0.5) is 11.4 Å². The van der Waals surface area contributed by atoms with Crippen molar-refractivity contribution in [2.24, 2.45) is 0 Å². The van der Waals surface area contributed by atoms with Crippen molar-refractivity contribution in [1.29, 1.82) is 0 Å². The number of nitro groups is 1. The summed E-state index contributed by atoms with van der Waals surface area (Å²) < 4.78 is 5.00. The zero-order valence-electron chi connectivity index (χ0n) is 11.3. The van der Waals surface area contributed by atoms with Crippen molar-refractivity contribution < 1.29 is 14.5 Å². The maximum atomic E-state index is 12.1. The molecule has 2 aromatic carbocycles. The number of carbonyl (C=O) groups excluding carboxylic acids is 1. The van der Waals surface area contributed by atoms with E-state index in [1.165, 1.54) is 37.4 Å². The van der Waals surface area contributed by atoms with Crippen molar-refractivity contribution in [3.63, 3.8) is 0 Å². The molecule has 0 atom stereocenters. The van der Waals surface area contributed by atoms with Crippen molar-refractivity contribution in [3.8, 4) is 5.75 Å². The molecular weight excluding hydrogens is 331 g/mol. The number of methoxy groups -OCH3 is 1. The van der Waals surface area contributed by atoms with Gasteiger partial charge in [0.1, 0.15) is 10.8 Å². The predicted octanol–water partition coefficient (Wildman–Crippen LogP) is 4.16. The Labute approximate surface area is 135 Å². The molecule has 0 aliphatic carbocycles. The van der Waals surface area contributed by atoms with Gasteiger partial charge in [0.05, 0.1) is 17.1 Å². The molecule has 0 aliphatic heterocycles. The van der Waals surface area contributed by atoms with Gasteiger partial charge in [0.2, 0.25) is 0 Å². The average molecular weight is 341 g/mol. The minimum Gasteiger partial charge on any atom is -0.495 e. The standard InChI is InChI=1S/C14H10Cl2N2O4/c1-22-13-5-2-8(6-11(13)16)14(19)17-9-3-4-10(15)12(7-9)18(20)21/h2-7H,1H3,(H,17,19). The van der Waals surface area contributed by atoms with E-state index >= 15 is 0 Å². The molecule has 0 saturated carbocycles. The molecule has 0 aromatic heterocycles. The topological polar surface area (TPSA) is 81.5 Å². The Kier molecular flexibility index (Phi) is 4.85. The van der Waals surface area contributed by atoms with E-state index < -0.39 is 10.8 Å². The predicted molar refractivity (Wildman–Crippen MR) is 84.1 cm³/mol. The van der Waals surface area contributed by atoms with E-state index in [0.29, 0.717) is 11.3 Å². The van der Waals surface area contributed by atoms with Crippen molar-refractivity contribution >= 4 is 40.5 Å². The summed E-state index contributed by atoms with van der Waals surface area (Å²) in [5.41, 5.74) is 0.267. The molecule has 2 aromatic rings. The maximum absolute atomic E-state index is 12.1. The fourth-order valence-corrected chi connectivity index (χ4v) is 2.19. The van der Waals surface area contributed by atoms with Crippen LogP contribution in [0.3, 0.4) is 0 Å². The average Bonchev–Trinajstić information content (AvgIpc) is 2.48. The highest BCUT2D eigenvalue weighted by atomic mass is 35.5. The van der Waals surface area contributed by atoms with Gasteiger partial charge < -0.3 is 10.1 Å². The zero-order chi connectivity index (χ0) is 16.3. The van der Waals surface area contributed by atoms with Crippen LogP contribution in [0.15, 0.2) is 36.4 Å². The van der Waals surface area contributed by atoms with Crippen LogP contribution >= 0.6 is 23.2 Å². The SMILES string of the molecule is COc1ccc(C(=O)Nc2ccc(Cl)c([N+](=O)[O-])c2)cc1Cl. The highest BCUT2D eigenvalue weighted by Crippen LogP contribution is 2.28. The summed E-state index contributed by atoms with van der Waals surface area (Å²) in [6, 6.07) is 8.53. The fourth-order valence-electron chi connectivity index (χ4n) is 1.74. The number of nitrogens with zero attached hydrogens (tertiary/aromatic N) is 1. The van der Waals surface area contributed by atoms with Crippen LogP contribution in [0.2, 0.25) is 10.0 Å². The summed E-state index contributed by atoms with van der Waals surface area (Å²) in [5, 5.41) is 13.7. The first-order valence-electron chi connectivity index (χ1n) is 6.01. The summed E-state index contributed by atoms with van der Waals surface area (Å²) in [4.78, 5) is 22.3. The van der Waals surface area contributed by atoms with Gasteiger partial charge in [0.25, 0.3) is 11.6 Å². The third-order valence-electron chi connectivity index (χ3n) is 2.81. The van der Waals surface area contributed by atoms with Crippen molar-refractivity contribution in [2.45, 2.75) is 0 Å². The Balaban J connectivity index is 2.24. The normalized spacial score (nSPS) is 10.1. The number of hydrogen-bond donors (Lipinski definition) is 1. The molecule has 1 amide bonds. The number of carbonyl (C=O) groups is 1. The van der Waals surface area contributed by atoms with E-state index in [1.54, 1.807) is 6.07 Å². The number of hydrogen-bond acceptors (Lipinski definition) is 4. The molecule has 22 heavy (non-hydrogen) atoms. The van der Waals surface area contributed by atoms with E-state index in [2.05, 4.69) is 5.32 Å². The number of benzene rings is 2. The van der Waals surface area contributed by atoms with Crippen LogP contribution in [-0.4, -0.2) is 17.9 Å². The van der Waals surface area contributed by atoms with Crippen LogP contribution < -0.4 is 10.1 Å². The van der Waals surface area contributed by atoms with Crippen molar-refractivity contribution in [2.75, 3.05) is 12.4 Å². The molecule has 8 heteroatoms. The second-order valence-corrected chi connectivity index (χ2v) is 5.04. The lowest BCUT2D eigenvalue weighted by Gasteiger charge is -2.08. The van der Waals surface area contributed by atoms with Crippen LogP contribution in [0, 0.1) is 10.1 Å². The molecule has 0 heterocycles. The van der Waals surface area contributed by atoms with Crippen molar-refractivity contribution in [1.82, 2.24) is 0 Å². The summed E-state index contributed by atoms with van der Waals surface area (Å²) in [5.74, 6) is -0.0125. The van der Waals surface area contributed by atoms with Gasteiger partial charge >= 0.3 is 0 Å². The Hall–Kier alpha value is -2.31. The van der Waals surface area contributed by atoms with Gasteiger partial charge in [-0.1, -0.05) is 23.2 Å². The molecule has 1 N–H and O–H groups in total. The molecule has 2 rings (SSSR count). The highest BCUT2D eigenvalue weighted by Gasteiger charge is 2.15. The van der Waals surface area contributed by atoms with Crippen LogP contribution in [-0.2, 0) is 0 Å². The van der Waals surface area contributed by atoms with Crippen LogP contribution in [0.25, 0.3) is 0 Å². The van der Waals surface area contributed by atoms with Crippen LogP contribution in [0.5, 0.6) is 5.75 Å². The maximum Gasteiger partial charge on any atom is 0.289 e. The summed E-state index contributed by atoms with van der Waals surface area (Å²) >= 11 is 11.7. The Morgan fingerprint density at radius 3 is 2.50 bits per heavy atom. The Morgan fingerprint density at radius 1 is 1.18 bits per heavy atom. The van der Waals surface area contributed by atoms with Gasteiger partial charge in [0, 0.05) is 17.3 Å². The fraction of sp³-hybridized carbons (Fsp3) is 0.0714. The van der Waals surface area contributed by atoms with Crippen molar-refractivity contribution in [3.05, 3.63) is 62.1 Å². The summed E-state index contributed by atoms with van der Waals surface area (Å²) in [6.45, 7) is 0. The Morgan fingerprint density at radius 2 is 1.91 bits per heavy atom. The molecule has 0 spiro atoms. The molecule has 114 valence electrons. The largest absolute Gasteiger partial charge is 0.495 e. The lowest BCUT2D eigenvalue weighted by atomic mass is 10.2. The number of nitro benzene ring substituents is 1. The number of rotatable bonds is 4.